The molecule has 0 bridgehead atoms. The van der Waals surface area contributed by atoms with E-state index in [1.54, 1.807) is 6.20 Å². The largest absolute Gasteiger partial charge is 0.466 e. The van der Waals surface area contributed by atoms with Gasteiger partial charge in [-0.15, -0.1) is 0 Å². The lowest BCUT2D eigenvalue weighted by molar-refractivity contribution is -0.127. The molecule has 3 unspecified atom stereocenters. The third-order valence-electron chi connectivity index (χ3n) is 2.64. The Labute approximate surface area is 150 Å². The first-order valence-electron chi connectivity index (χ1n) is 7.68. The zero-order valence-corrected chi connectivity index (χ0v) is 15.2. The molecule has 1 aromatic rings. The van der Waals surface area contributed by atoms with Gasteiger partial charge in [0.2, 0.25) is 0 Å². The number of anilines is 1. The molecule has 26 heavy (non-hydrogen) atoms. The van der Waals surface area contributed by atoms with Crippen LogP contribution in [0.4, 0.5) is 5.95 Å². The first-order valence-corrected chi connectivity index (χ1v) is 9.25. The monoisotopic (exact) mass is 401 g/mol. The first kappa shape index (κ1) is 26.9. The number of hydrogen-bond acceptors (Lipinski definition) is 8. The molecule has 0 saturated carbocycles. The van der Waals surface area contributed by atoms with Crippen molar-refractivity contribution in [2.24, 2.45) is 0 Å². The highest BCUT2D eigenvalue weighted by atomic mass is 31.2. The molecule has 0 aliphatic carbocycles. The predicted octanol–water partition coefficient (Wildman–Crippen LogP) is -1.66. The summed E-state index contributed by atoms with van der Waals surface area (Å²) in [7, 11) is -4.64. The van der Waals surface area contributed by atoms with Gasteiger partial charge in [0.25, 0.3) is 0 Å². The maximum Gasteiger partial charge on any atom is 0.466 e. The summed E-state index contributed by atoms with van der Waals surface area (Å²) in [5, 5.41) is 37.2. The summed E-state index contributed by atoms with van der Waals surface area (Å²) in [5.41, 5.74) is 0. The smallest absolute Gasteiger partial charge is 0.394 e. The molecule has 3 atom stereocenters. The lowest BCUT2D eigenvalue weighted by atomic mass is 10.1. The van der Waals surface area contributed by atoms with Gasteiger partial charge in [-0.2, -0.15) is 0 Å². The van der Waals surface area contributed by atoms with Crippen LogP contribution in [0.25, 0.3) is 0 Å². The van der Waals surface area contributed by atoms with Crippen molar-refractivity contribution in [3.05, 3.63) is 12.4 Å². The van der Waals surface area contributed by atoms with Crippen LogP contribution in [0.2, 0.25) is 0 Å². The van der Waals surface area contributed by atoms with Crippen molar-refractivity contribution in [3.8, 4) is 0 Å². The Kier molecular flexibility index (Phi) is 16.4. The Morgan fingerprint density at radius 1 is 1.27 bits per heavy atom. The number of unbranched alkanes of at least 4 members (excludes halogenated alkanes) is 2. The van der Waals surface area contributed by atoms with Crippen LogP contribution >= 0.6 is 7.82 Å². The van der Waals surface area contributed by atoms with E-state index in [2.05, 4.69) is 22.2 Å². The number of phosphoric acid groups is 1. The molecule has 0 aliphatic rings. The maximum atomic E-state index is 9.76. The molecule has 0 spiro atoms. The van der Waals surface area contributed by atoms with E-state index >= 15 is 0 Å². The molecule has 12 nitrogen and oxygen atoms in total. The van der Waals surface area contributed by atoms with Crippen LogP contribution in [-0.4, -0.2) is 82.8 Å². The molecule has 0 aromatic carbocycles. The standard InChI is InChI=1S/C8H15N3.C5H10O5.H3O4P/c1-2-3-4-5-9-8-10-6-7-11-8;6-1-3(8)5(10)4(9)2-7;1-5(2,3)4/h6-7H,2-5H2,1H3,(H2,9,10,11);1,3-5,7-10H,2H2;(H3,1,2,3,4). The number of H-pyrrole nitrogens is 1. The quantitative estimate of drug-likeness (QED) is 0.130. The third-order valence-corrected chi connectivity index (χ3v) is 2.64. The van der Waals surface area contributed by atoms with Gasteiger partial charge in [0, 0.05) is 18.9 Å². The van der Waals surface area contributed by atoms with Gasteiger partial charge in [0.1, 0.15) is 18.3 Å². The summed E-state index contributed by atoms with van der Waals surface area (Å²) >= 11 is 0. The summed E-state index contributed by atoms with van der Waals surface area (Å²) in [6.45, 7) is 2.53. The number of carbonyl (C=O) groups is 1. The molecular formula is C13H28N3O9P. The Bertz CT molecular complexity index is 475. The number of carbonyl (C=O) groups excluding carboxylic acids is 1. The normalized spacial score (nSPS) is 14.0. The molecule has 0 saturated heterocycles. The number of rotatable bonds is 9. The van der Waals surface area contributed by atoms with E-state index in [-0.39, 0.29) is 6.29 Å². The Hall–Kier alpha value is -1.37. The molecule has 154 valence electrons. The van der Waals surface area contributed by atoms with Crippen molar-refractivity contribution in [2.75, 3.05) is 18.5 Å². The van der Waals surface area contributed by atoms with Crippen molar-refractivity contribution in [3.63, 3.8) is 0 Å². The van der Waals surface area contributed by atoms with Crippen LogP contribution in [0.1, 0.15) is 26.2 Å². The predicted molar refractivity (Wildman–Crippen MR) is 92.0 cm³/mol. The summed E-state index contributed by atoms with van der Waals surface area (Å²) in [6.07, 6.45) is 2.71. The first-order chi connectivity index (χ1) is 12.1. The molecule has 0 radical (unpaired) electrons. The average molecular weight is 401 g/mol. The van der Waals surface area contributed by atoms with Crippen molar-refractivity contribution in [2.45, 2.75) is 44.5 Å². The van der Waals surface area contributed by atoms with Crippen LogP contribution in [0.15, 0.2) is 12.4 Å². The highest BCUT2D eigenvalue weighted by Crippen LogP contribution is 2.25. The van der Waals surface area contributed by atoms with Gasteiger partial charge in [-0.25, -0.2) is 9.55 Å². The van der Waals surface area contributed by atoms with Crippen LogP contribution in [0.3, 0.4) is 0 Å². The molecule has 0 fully saturated rings. The highest BCUT2D eigenvalue weighted by Gasteiger charge is 2.22. The minimum absolute atomic E-state index is 0.0869. The molecule has 9 N–H and O–H groups in total. The zero-order valence-electron chi connectivity index (χ0n) is 14.3. The molecule has 1 rings (SSSR count). The van der Waals surface area contributed by atoms with E-state index in [1.807, 2.05) is 6.20 Å². The van der Waals surface area contributed by atoms with Gasteiger partial charge in [-0.05, 0) is 6.42 Å². The number of nitrogens with zero attached hydrogens (tertiary/aromatic N) is 1. The van der Waals surface area contributed by atoms with Gasteiger partial charge in [-0.3, -0.25) is 0 Å². The van der Waals surface area contributed by atoms with E-state index in [0.717, 1.165) is 12.5 Å². The molecule has 1 heterocycles. The van der Waals surface area contributed by atoms with E-state index in [1.165, 1.54) is 19.3 Å². The van der Waals surface area contributed by atoms with Gasteiger partial charge in [-0.1, -0.05) is 19.8 Å². The van der Waals surface area contributed by atoms with Gasteiger partial charge < -0.3 is 50.2 Å². The van der Waals surface area contributed by atoms with Crippen LogP contribution in [0.5, 0.6) is 0 Å². The zero-order chi connectivity index (χ0) is 20.6. The second-order valence-corrected chi connectivity index (χ2v) is 5.98. The van der Waals surface area contributed by atoms with E-state index in [4.69, 9.17) is 39.7 Å². The van der Waals surface area contributed by atoms with Gasteiger partial charge in [0.05, 0.1) is 6.61 Å². The number of aldehydes is 1. The molecule has 1 aromatic heterocycles. The van der Waals surface area contributed by atoms with Gasteiger partial charge in [0.15, 0.2) is 12.2 Å². The van der Waals surface area contributed by atoms with Crippen LogP contribution in [-0.2, 0) is 9.36 Å². The SMILES string of the molecule is CCCCCNc1ncc[nH]1.O=CC(O)C(O)C(O)CO.O=P(O)(O)O. The second kappa shape index (κ2) is 15.9. The number of aromatic nitrogens is 2. The Balaban J connectivity index is 0. The van der Waals surface area contributed by atoms with E-state index in [0.29, 0.717) is 0 Å². The summed E-state index contributed by atoms with van der Waals surface area (Å²) in [5.74, 6) is 0.876. The molecule has 0 aliphatic heterocycles. The van der Waals surface area contributed by atoms with Crippen molar-refractivity contribution in [1.29, 1.82) is 0 Å². The maximum absolute atomic E-state index is 9.76. The fourth-order valence-electron chi connectivity index (χ4n) is 1.36. The molecular weight excluding hydrogens is 373 g/mol. The fraction of sp³-hybridized carbons (Fsp3) is 0.692. The highest BCUT2D eigenvalue weighted by molar-refractivity contribution is 7.45. The number of aliphatic hydroxyl groups is 4. The minimum atomic E-state index is -4.64. The molecule has 0 amide bonds. The lowest BCUT2D eigenvalue weighted by Crippen LogP contribution is -2.40. The number of nitrogens with one attached hydrogen (secondary N) is 2. The van der Waals surface area contributed by atoms with Crippen molar-refractivity contribution >= 4 is 20.1 Å². The van der Waals surface area contributed by atoms with E-state index < -0.39 is 32.7 Å². The lowest BCUT2D eigenvalue weighted by Gasteiger charge is -2.16. The van der Waals surface area contributed by atoms with Crippen molar-refractivity contribution in [1.82, 2.24) is 9.97 Å². The minimum Gasteiger partial charge on any atom is -0.394 e. The van der Waals surface area contributed by atoms with Crippen LogP contribution in [0, 0.1) is 0 Å². The molecule has 13 heteroatoms. The van der Waals surface area contributed by atoms with E-state index in [9.17, 15) is 4.79 Å². The fourth-order valence-corrected chi connectivity index (χ4v) is 1.36. The van der Waals surface area contributed by atoms with Gasteiger partial charge >= 0.3 is 7.82 Å². The summed E-state index contributed by atoms with van der Waals surface area (Å²) < 4.78 is 8.88. The number of imidazole rings is 1. The van der Waals surface area contributed by atoms with Crippen molar-refractivity contribution < 1.29 is 44.5 Å². The average Bonchev–Trinajstić information content (AvgIpc) is 3.09. The summed E-state index contributed by atoms with van der Waals surface area (Å²) in [4.78, 5) is 38.4. The van der Waals surface area contributed by atoms with Crippen LogP contribution < -0.4 is 5.32 Å². The summed E-state index contributed by atoms with van der Waals surface area (Å²) in [6, 6.07) is 0. The number of hydrogen-bond donors (Lipinski definition) is 9. The number of aliphatic hydroxyl groups excluding tert-OH is 4. The topological polar surface area (TPSA) is 216 Å². The third kappa shape index (κ3) is 19.0. The second-order valence-electron chi connectivity index (χ2n) is 4.95. The Morgan fingerprint density at radius 2 is 1.85 bits per heavy atom. The number of aromatic amines is 1. The Morgan fingerprint density at radius 3 is 2.23 bits per heavy atom.